The number of anilines is 1. The van der Waals surface area contributed by atoms with E-state index in [1.54, 1.807) is 6.07 Å². The Kier molecular flexibility index (Phi) is 5.38. The molecule has 0 aromatic heterocycles. The van der Waals surface area contributed by atoms with Crippen LogP contribution in [0.25, 0.3) is 0 Å². The topological polar surface area (TPSA) is 38.3 Å². The minimum absolute atomic E-state index is 0.280. The van der Waals surface area contributed by atoms with Crippen molar-refractivity contribution in [2.75, 3.05) is 18.5 Å². The molecule has 0 radical (unpaired) electrons. The molecule has 0 aliphatic carbocycles. The van der Waals surface area contributed by atoms with Crippen LogP contribution in [-0.4, -0.2) is 19.1 Å². The highest BCUT2D eigenvalue weighted by atomic mass is 16.5. The molecule has 0 aliphatic rings. The van der Waals surface area contributed by atoms with Crippen molar-refractivity contribution in [1.82, 2.24) is 0 Å². The van der Waals surface area contributed by atoms with E-state index in [4.69, 9.17) is 4.74 Å². The number of rotatable bonds is 6. The summed E-state index contributed by atoms with van der Waals surface area (Å²) in [6.45, 7) is 5.19. The van der Waals surface area contributed by atoms with Gasteiger partial charge in [-0.25, -0.2) is 4.79 Å². The van der Waals surface area contributed by atoms with E-state index in [1.165, 1.54) is 5.56 Å². The van der Waals surface area contributed by atoms with Gasteiger partial charge in [0.15, 0.2) is 0 Å². The fourth-order valence-corrected chi connectivity index (χ4v) is 2.14. The van der Waals surface area contributed by atoms with Crippen molar-refractivity contribution in [2.45, 2.75) is 19.8 Å². The lowest BCUT2D eigenvalue weighted by molar-refractivity contribution is 0.0526. The van der Waals surface area contributed by atoms with Gasteiger partial charge in [-0.1, -0.05) is 43.3 Å². The molecule has 0 saturated heterocycles. The number of ether oxygens (including phenoxy) is 1. The Labute approximate surface area is 126 Å². The van der Waals surface area contributed by atoms with Crippen LogP contribution in [0.5, 0.6) is 0 Å². The monoisotopic (exact) mass is 283 g/mol. The second kappa shape index (κ2) is 7.48. The van der Waals surface area contributed by atoms with Gasteiger partial charge in [-0.3, -0.25) is 0 Å². The summed E-state index contributed by atoms with van der Waals surface area (Å²) in [5, 5.41) is 3.37. The molecule has 0 saturated carbocycles. The van der Waals surface area contributed by atoms with E-state index in [-0.39, 0.29) is 5.97 Å². The summed E-state index contributed by atoms with van der Waals surface area (Å²) >= 11 is 0. The zero-order chi connectivity index (χ0) is 15.1. The van der Waals surface area contributed by atoms with Gasteiger partial charge in [-0.2, -0.15) is 0 Å². The Bertz CT molecular complexity index is 581. The van der Waals surface area contributed by atoms with Crippen LogP contribution in [0.1, 0.15) is 35.7 Å². The molecule has 0 spiro atoms. The van der Waals surface area contributed by atoms with E-state index in [1.807, 2.05) is 43.3 Å². The Morgan fingerprint density at radius 1 is 1.14 bits per heavy atom. The van der Waals surface area contributed by atoms with Crippen molar-refractivity contribution in [1.29, 1.82) is 0 Å². The average Bonchev–Trinajstić information content (AvgIpc) is 2.54. The molecule has 110 valence electrons. The van der Waals surface area contributed by atoms with Crippen LogP contribution in [0.3, 0.4) is 0 Å². The van der Waals surface area contributed by atoms with Crippen LogP contribution in [0.4, 0.5) is 5.69 Å². The largest absolute Gasteiger partial charge is 0.462 e. The fraction of sp³-hybridized carbons (Fsp3) is 0.278. The Balaban J connectivity index is 1.97. The van der Waals surface area contributed by atoms with Crippen LogP contribution in [-0.2, 0) is 4.74 Å². The van der Waals surface area contributed by atoms with Crippen molar-refractivity contribution in [3.63, 3.8) is 0 Å². The third-order valence-corrected chi connectivity index (χ3v) is 3.35. The molecule has 2 rings (SSSR count). The number of hydrogen-bond acceptors (Lipinski definition) is 3. The molecular weight excluding hydrogens is 262 g/mol. The van der Waals surface area contributed by atoms with Crippen LogP contribution in [0.2, 0.25) is 0 Å². The molecule has 0 amide bonds. The molecule has 2 aromatic rings. The Morgan fingerprint density at radius 2 is 1.90 bits per heavy atom. The number of nitrogens with one attached hydrogen (secondary N) is 1. The molecule has 1 unspecified atom stereocenters. The zero-order valence-corrected chi connectivity index (χ0v) is 12.5. The summed E-state index contributed by atoms with van der Waals surface area (Å²) < 4.78 is 5.01. The Morgan fingerprint density at radius 3 is 2.62 bits per heavy atom. The number of carbonyl (C=O) groups is 1. The molecule has 3 nitrogen and oxygen atoms in total. The highest BCUT2D eigenvalue weighted by Crippen LogP contribution is 2.17. The van der Waals surface area contributed by atoms with Crippen LogP contribution in [0, 0.1) is 0 Å². The molecular formula is C18H21NO2. The predicted molar refractivity (Wildman–Crippen MR) is 85.7 cm³/mol. The summed E-state index contributed by atoms with van der Waals surface area (Å²) in [6, 6.07) is 17.8. The van der Waals surface area contributed by atoms with Gasteiger partial charge in [0, 0.05) is 12.2 Å². The van der Waals surface area contributed by atoms with Gasteiger partial charge in [0.05, 0.1) is 12.2 Å². The van der Waals surface area contributed by atoms with Crippen molar-refractivity contribution >= 4 is 11.7 Å². The lowest BCUT2D eigenvalue weighted by Crippen LogP contribution is -2.11. The molecule has 0 aliphatic heterocycles. The predicted octanol–water partition coefficient (Wildman–Crippen LogP) is 4.08. The Hall–Kier alpha value is -2.29. The number of hydrogen-bond donors (Lipinski definition) is 1. The van der Waals surface area contributed by atoms with Crippen molar-refractivity contribution in [2.24, 2.45) is 0 Å². The van der Waals surface area contributed by atoms with Gasteiger partial charge in [-0.05, 0) is 36.6 Å². The van der Waals surface area contributed by atoms with Crippen molar-refractivity contribution < 1.29 is 9.53 Å². The average molecular weight is 283 g/mol. The molecule has 1 N–H and O–H groups in total. The van der Waals surface area contributed by atoms with Gasteiger partial charge in [-0.15, -0.1) is 0 Å². The van der Waals surface area contributed by atoms with Crippen LogP contribution < -0.4 is 5.32 Å². The SMILES string of the molecule is CCOC(=O)c1cccc(NCC(C)c2ccccc2)c1. The summed E-state index contributed by atoms with van der Waals surface area (Å²) in [5.74, 6) is 0.120. The first-order valence-electron chi connectivity index (χ1n) is 7.26. The minimum Gasteiger partial charge on any atom is -0.462 e. The highest BCUT2D eigenvalue weighted by Gasteiger charge is 2.08. The molecule has 1 atom stereocenters. The number of esters is 1. The first-order chi connectivity index (χ1) is 10.2. The molecule has 0 fully saturated rings. The van der Waals surface area contributed by atoms with Gasteiger partial charge < -0.3 is 10.1 Å². The van der Waals surface area contributed by atoms with Crippen molar-refractivity contribution in [3.8, 4) is 0 Å². The van der Waals surface area contributed by atoms with Gasteiger partial charge >= 0.3 is 5.97 Å². The lowest BCUT2D eigenvalue weighted by Gasteiger charge is -2.14. The maximum Gasteiger partial charge on any atom is 0.338 e. The van der Waals surface area contributed by atoms with E-state index in [2.05, 4.69) is 24.4 Å². The minimum atomic E-state index is -0.280. The third kappa shape index (κ3) is 4.35. The van der Waals surface area contributed by atoms with Crippen LogP contribution in [0.15, 0.2) is 54.6 Å². The fourth-order valence-electron chi connectivity index (χ4n) is 2.14. The molecule has 3 heteroatoms. The zero-order valence-electron chi connectivity index (χ0n) is 12.5. The van der Waals surface area contributed by atoms with E-state index < -0.39 is 0 Å². The van der Waals surface area contributed by atoms with Gasteiger partial charge in [0.2, 0.25) is 0 Å². The third-order valence-electron chi connectivity index (χ3n) is 3.35. The van der Waals surface area contributed by atoms with E-state index >= 15 is 0 Å². The van der Waals surface area contributed by atoms with E-state index in [9.17, 15) is 4.79 Å². The molecule has 0 bridgehead atoms. The van der Waals surface area contributed by atoms with Crippen LogP contribution >= 0.6 is 0 Å². The second-order valence-corrected chi connectivity index (χ2v) is 4.99. The number of benzene rings is 2. The summed E-state index contributed by atoms with van der Waals surface area (Å²) in [7, 11) is 0. The summed E-state index contributed by atoms with van der Waals surface area (Å²) in [6.07, 6.45) is 0. The summed E-state index contributed by atoms with van der Waals surface area (Å²) in [4.78, 5) is 11.7. The maximum atomic E-state index is 11.7. The molecule has 0 heterocycles. The molecule has 2 aromatic carbocycles. The second-order valence-electron chi connectivity index (χ2n) is 4.99. The number of carbonyl (C=O) groups excluding carboxylic acids is 1. The first kappa shape index (κ1) is 15.1. The van der Waals surface area contributed by atoms with Gasteiger partial charge in [0.1, 0.15) is 0 Å². The molecule has 21 heavy (non-hydrogen) atoms. The highest BCUT2D eigenvalue weighted by molar-refractivity contribution is 5.90. The van der Waals surface area contributed by atoms with E-state index in [0.29, 0.717) is 18.1 Å². The van der Waals surface area contributed by atoms with E-state index in [0.717, 1.165) is 12.2 Å². The maximum absolute atomic E-state index is 11.7. The normalized spacial score (nSPS) is 11.7. The lowest BCUT2D eigenvalue weighted by atomic mass is 10.0. The standard InChI is InChI=1S/C18H21NO2/c1-3-21-18(20)16-10-7-11-17(12-16)19-13-14(2)15-8-5-4-6-9-15/h4-12,14,19H,3,13H2,1-2H3. The smallest absolute Gasteiger partial charge is 0.338 e. The van der Waals surface area contributed by atoms with Crippen molar-refractivity contribution in [3.05, 3.63) is 65.7 Å². The first-order valence-corrected chi connectivity index (χ1v) is 7.26. The summed E-state index contributed by atoms with van der Waals surface area (Å²) in [5.41, 5.74) is 2.81. The quantitative estimate of drug-likeness (QED) is 0.812. The van der Waals surface area contributed by atoms with Gasteiger partial charge in [0.25, 0.3) is 0 Å².